The van der Waals surface area contributed by atoms with E-state index in [0.29, 0.717) is 0 Å². The molecule has 0 fully saturated rings. The molecule has 0 radical (unpaired) electrons. The number of pyridine rings is 1. The third kappa shape index (κ3) is 4.78. The number of benzene rings is 2. The van der Waals surface area contributed by atoms with E-state index < -0.39 is 22.7 Å². The van der Waals surface area contributed by atoms with E-state index in [2.05, 4.69) is 15.3 Å². The zero-order valence-electron chi connectivity index (χ0n) is 15.9. The number of hydrogen-bond donors (Lipinski definition) is 2. The lowest BCUT2D eigenvalue weighted by molar-refractivity contribution is -0.137. The minimum Gasteiger partial charge on any atom is -0.346 e. The summed E-state index contributed by atoms with van der Waals surface area (Å²) in [6, 6.07) is 14.6. The zero-order valence-corrected chi connectivity index (χ0v) is 16.6. The van der Waals surface area contributed by atoms with Gasteiger partial charge in [0.1, 0.15) is 5.65 Å². The molecule has 0 aliphatic heterocycles. The van der Waals surface area contributed by atoms with E-state index >= 15 is 0 Å². The van der Waals surface area contributed by atoms with Crippen molar-refractivity contribution >= 4 is 40.3 Å². The number of anilines is 1. The van der Waals surface area contributed by atoms with Gasteiger partial charge >= 0.3 is 6.18 Å². The molecule has 0 atom stereocenters. The molecular weight excluding hydrogens is 427 g/mol. The lowest BCUT2D eigenvalue weighted by Crippen LogP contribution is -2.11. The molecule has 156 valence electrons. The Labute approximate surface area is 180 Å². The third-order valence-corrected chi connectivity index (χ3v) is 4.92. The van der Waals surface area contributed by atoms with Crippen molar-refractivity contribution in [3.05, 3.63) is 89.2 Å². The number of H-pyrrole nitrogens is 1. The Bertz CT molecular complexity index is 1290. The Morgan fingerprint density at radius 2 is 1.90 bits per heavy atom. The maximum absolute atomic E-state index is 13.0. The van der Waals surface area contributed by atoms with Crippen molar-refractivity contribution in [2.24, 2.45) is 0 Å². The van der Waals surface area contributed by atoms with Crippen LogP contribution in [0.15, 0.2) is 73.1 Å². The summed E-state index contributed by atoms with van der Waals surface area (Å²) in [7, 11) is 0. The first-order valence-corrected chi connectivity index (χ1v) is 9.57. The molecule has 2 aromatic heterocycles. The van der Waals surface area contributed by atoms with E-state index in [0.717, 1.165) is 39.9 Å². The summed E-state index contributed by atoms with van der Waals surface area (Å²) in [5, 5.41) is 2.98. The van der Waals surface area contributed by atoms with E-state index in [-0.39, 0.29) is 5.69 Å². The lowest BCUT2D eigenvalue weighted by atomic mass is 10.0. The molecule has 2 aromatic carbocycles. The number of carbonyl (C=O) groups excluding carboxylic acids is 1. The van der Waals surface area contributed by atoms with E-state index in [9.17, 15) is 18.0 Å². The minimum atomic E-state index is -4.60. The summed E-state index contributed by atoms with van der Waals surface area (Å²) < 4.78 is 38.9. The fraction of sp³-hybridized carbons (Fsp3) is 0.0435. The molecule has 2 heterocycles. The molecule has 4 nitrogen and oxygen atoms in total. The number of rotatable bonds is 4. The van der Waals surface area contributed by atoms with Gasteiger partial charge in [-0.3, -0.25) is 4.79 Å². The molecule has 0 aliphatic carbocycles. The Hall–Kier alpha value is -3.58. The molecule has 0 saturated heterocycles. The molecule has 0 unspecified atom stereocenters. The highest BCUT2D eigenvalue weighted by Gasteiger charge is 2.33. The van der Waals surface area contributed by atoms with Gasteiger partial charge in [0.2, 0.25) is 5.91 Å². The average molecular weight is 442 g/mol. The van der Waals surface area contributed by atoms with Crippen molar-refractivity contribution in [3.8, 4) is 11.1 Å². The molecule has 0 saturated carbocycles. The normalized spacial score (nSPS) is 11.9. The maximum atomic E-state index is 13.0. The monoisotopic (exact) mass is 441 g/mol. The highest BCUT2D eigenvalue weighted by Crippen LogP contribution is 2.36. The first-order valence-electron chi connectivity index (χ1n) is 9.19. The number of halogens is 4. The number of fused-ring (bicyclic) bond motifs is 1. The van der Waals surface area contributed by atoms with Gasteiger partial charge < -0.3 is 10.3 Å². The number of amides is 1. The number of nitrogens with one attached hydrogen (secondary N) is 2. The van der Waals surface area contributed by atoms with Crippen molar-refractivity contribution in [2.45, 2.75) is 6.18 Å². The van der Waals surface area contributed by atoms with Gasteiger partial charge in [-0.1, -0.05) is 29.8 Å². The second kappa shape index (κ2) is 8.28. The topological polar surface area (TPSA) is 57.8 Å². The number of aromatic amines is 1. The van der Waals surface area contributed by atoms with Crippen LogP contribution in [0.3, 0.4) is 0 Å². The molecule has 4 aromatic rings. The molecule has 0 bridgehead atoms. The van der Waals surface area contributed by atoms with Gasteiger partial charge in [-0.25, -0.2) is 4.98 Å². The van der Waals surface area contributed by atoms with Crippen LogP contribution >= 0.6 is 11.6 Å². The summed E-state index contributed by atoms with van der Waals surface area (Å²) in [5.41, 5.74) is 2.40. The Morgan fingerprint density at radius 3 is 2.71 bits per heavy atom. The standard InChI is InChI=1S/C23H15ClF3N3O/c24-20-6-5-18(12-19(20)23(25,26)27)30-21(31)7-4-14-2-1-3-15(10-14)17-11-16-8-9-28-22(16)29-13-17/h1-13H,(H,28,29)(H,30,31). The van der Waals surface area contributed by atoms with Crippen molar-refractivity contribution in [3.63, 3.8) is 0 Å². The van der Waals surface area contributed by atoms with Gasteiger partial charge in [-0.15, -0.1) is 0 Å². The van der Waals surface area contributed by atoms with Gasteiger partial charge in [0.05, 0.1) is 10.6 Å². The smallest absolute Gasteiger partial charge is 0.346 e. The van der Waals surface area contributed by atoms with Crippen molar-refractivity contribution < 1.29 is 18.0 Å². The number of aromatic nitrogens is 2. The Morgan fingerprint density at radius 1 is 1.06 bits per heavy atom. The van der Waals surface area contributed by atoms with Gasteiger partial charge in [-0.2, -0.15) is 13.2 Å². The van der Waals surface area contributed by atoms with Crippen molar-refractivity contribution in [2.75, 3.05) is 5.32 Å². The van der Waals surface area contributed by atoms with E-state index in [1.54, 1.807) is 12.3 Å². The quantitative estimate of drug-likeness (QED) is 0.352. The molecule has 31 heavy (non-hydrogen) atoms. The van der Waals surface area contributed by atoms with Crippen molar-refractivity contribution in [1.29, 1.82) is 0 Å². The summed E-state index contributed by atoms with van der Waals surface area (Å²) in [5.74, 6) is -0.559. The summed E-state index contributed by atoms with van der Waals surface area (Å²) in [6.45, 7) is 0. The van der Waals surface area contributed by atoms with E-state index in [4.69, 9.17) is 11.6 Å². The zero-order chi connectivity index (χ0) is 22.0. The number of hydrogen-bond acceptors (Lipinski definition) is 2. The fourth-order valence-corrected chi connectivity index (χ4v) is 3.32. The second-order valence-electron chi connectivity index (χ2n) is 6.78. The van der Waals surface area contributed by atoms with Crippen LogP contribution in [-0.2, 0) is 11.0 Å². The minimum absolute atomic E-state index is 0.00556. The third-order valence-electron chi connectivity index (χ3n) is 4.59. The van der Waals surface area contributed by atoms with E-state index in [1.807, 2.05) is 42.6 Å². The molecule has 2 N–H and O–H groups in total. The number of nitrogens with zero attached hydrogens (tertiary/aromatic N) is 1. The molecule has 0 aliphatic rings. The highest BCUT2D eigenvalue weighted by molar-refractivity contribution is 6.31. The van der Waals surface area contributed by atoms with Crippen LogP contribution in [0.2, 0.25) is 5.02 Å². The average Bonchev–Trinajstić information content (AvgIpc) is 3.21. The van der Waals surface area contributed by atoms with E-state index in [1.165, 1.54) is 12.1 Å². The summed E-state index contributed by atoms with van der Waals surface area (Å²) in [6.07, 6.45) is 1.81. The Balaban J connectivity index is 1.50. The van der Waals surface area contributed by atoms with Crippen LogP contribution in [0.1, 0.15) is 11.1 Å². The van der Waals surface area contributed by atoms with Crippen LogP contribution < -0.4 is 5.32 Å². The largest absolute Gasteiger partial charge is 0.417 e. The van der Waals surface area contributed by atoms with Crippen LogP contribution in [0.4, 0.5) is 18.9 Å². The first kappa shape index (κ1) is 20.7. The lowest BCUT2D eigenvalue weighted by Gasteiger charge is -2.11. The summed E-state index contributed by atoms with van der Waals surface area (Å²) >= 11 is 5.60. The van der Waals surface area contributed by atoms with Crippen LogP contribution in [-0.4, -0.2) is 15.9 Å². The second-order valence-corrected chi connectivity index (χ2v) is 7.19. The van der Waals surface area contributed by atoms with Crippen LogP contribution in [0.25, 0.3) is 28.2 Å². The SMILES string of the molecule is O=C(C=Cc1cccc(-c2cnc3[nH]ccc3c2)c1)Nc1ccc(Cl)c(C(F)(F)F)c1. The molecule has 8 heteroatoms. The predicted octanol–water partition coefficient (Wildman–Crippen LogP) is 6.55. The first-order chi connectivity index (χ1) is 14.8. The molecule has 4 rings (SSSR count). The summed E-state index contributed by atoms with van der Waals surface area (Å²) in [4.78, 5) is 19.6. The molecular formula is C23H15ClF3N3O. The van der Waals surface area contributed by atoms with Crippen LogP contribution in [0.5, 0.6) is 0 Å². The van der Waals surface area contributed by atoms with Gasteiger partial charge in [0.25, 0.3) is 0 Å². The van der Waals surface area contributed by atoms with Gasteiger partial charge in [0.15, 0.2) is 0 Å². The molecule has 0 spiro atoms. The van der Waals surface area contributed by atoms with Gasteiger partial charge in [-0.05, 0) is 53.6 Å². The fourth-order valence-electron chi connectivity index (χ4n) is 3.10. The van der Waals surface area contributed by atoms with Crippen LogP contribution in [0, 0.1) is 0 Å². The predicted molar refractivity (Wildman–Crippen MR) is 116 cm³/mol. The van der Waals surface area contributed by atoms with Crippen molar-refractivity contribution in [1.82, 2.24) is 9.97 Å². The number of alkyl halides is 3. The highest BCUT2D eigenvalue weighted by atomic mass is 35.5. The van der Waals surface area contributed by atoms with Gasteiger partial charge in [0, 0.05) is 35.1 Å². The molecule has 1 amide bonds. The number of carbonyl (C=O) groups is 1. The maximum Gasteiger partial charge on any atom is 0.417 e. The Kier molecular flexibility index (Phi) is 5.52.